The summed E-state index contributed by atoms with van der Waals surface area (Å²) in [4.78, 5) is 28.4. The van der Waals surface area contributed by atoms with Gasteiger partial charge in [0, 0.05) is 13.7 Å². The minimum atomic E-state index is -1.93. The molecular weight excluding hydrogens is 366 g/mol. The number of carbonyl (C=O) groups excluding carboxylic acids is 2. The molecule has 5 heteroatoms. The van der Waals surface area contributed by atoms with Gasteiger partial charge in [0.05, 0.1) is 26.1 Å². The molecule has 4 nitrogen and oxygen atoms in total. The molecule has 2 atom stereocenters. The van der Waals surface area contributed by atoms with Crippen LogP contribution in [0.15, 0.2) is 53.8 Å². The largest absolute Gasteiger partial charge is 0.383 e. The van der Waals surface area contributed by atoms with Crippen LogP contribution in [0.3, 0.4) is 0 Å². The average Bonchev–Trinajstić information content (AvgIpc) is 3.11. The highest BCUT2D eigenvalue weighted by atomic mass is 28.3. The second kappa shape index (κ2) is 8.17. The molecule has 2 aliphatic rings. The van der Waals surface area contributed by atoms with Gasteiger partial charge in [-0.25, -0.2) is 0 Å². The zero-order chi connectivity index (χ0) is 20.4. The number of hydrogen-bond acceptors (Lipinski definition) is 3. The first kappa shape index (κ1) is 20.7. The Morgan fingerprint density at radius 1 is 1.25 bits per heavy atom. The van der Waals surface area contributed by atoms with E-state index in [1.807, 2.05) is 29.2 Å². The van der Waals surface area contributed by atoms with E-state index >= 15 is 0 Å². The Morgan fingerprint density at radius 3 is 2.61 bits per heavy atom. The molecule has 1 saturated heterocycles. The molecule has 0 saturated carbocycles. The van der Waals surface area contributed by atoms with Gasteiger partial charge in [0.15, 0.2) is 5.78 Å². The van der Waals surface area contributed by atoms with Crippen molar-refractivity contribution in [2.75, 3.05) is 20.3 Å². The fraction of sp³-hybridized carbons (Fsp3) is 0.478. The van der Waals surface area contributed by atoms with Gasteiger partial charge in [0.2, 0.25) is 5.91 Å². The van der Waals surface area contributed by atoms with E-state index in [0.29, 0.717) is 13.0 Å². The molecule has 1 amide bonds. The van der Waals surface area contributed by atoms with Crippen molar-refractivity contribution in [3.05, 3.63) is 59.3 Å². The van der Waals surface area contributed by atoms with Crippen molar-refractivity contribution >= 4 is 19.8 Å². The zero-order valence-corrected chi connectivity index (χ0v) is 18.4. The minimum Gasteiger partial charge on any atom is -0.383 e. The van der Waals surface area contributed by atoms with E-state index < -0.39 is 13.5 Å². The SMILES string of the molecule is COC[C@@H]1CCCN1C(=O)[C@@]1(Cc2ccccc2)C=CC(=O)C=C1[Si](C)(C)C. The molecule has 0 spiro atoms. The average molecular weight is 398 g/mol. The second-order valence-electron chi connectivity index (χ2n) is 8.93. The fourth-order valence-corrected chi connectivity index (χ4v) is 6.77. The number of ether oxygens (including phenoxy) is 1. The predicted molar refractivity (Wildman–Crippen MR) is 115 cm³/mol. The van der Waals surface area contributed by atoms with Gasteiger partial charge >= 0.3 is 0 Å². The van der Waals surface area contributed by atoms with E-state index in [1.54, 1.807) is 19.3 Å². The Balaban J connectivity index is 2.09. The molecule has 28 heavy (non-hydrogen) atoms. The molecule has 0 radical (unpaired) electrons. The summed E-state index contributed by atoms with van der Waals surface area (Å²) in [6.07, 6.45) is 7.77. The quantitative estimate of drug-likeness (QED) is 0.686. The molecule has 1 aliphatic carbocycles. The lowest BCUT2D eigenvalue weighted by molar-refractivity contribution is -0.139. The van der Waals surface area contributed by atoms with Crippen molar-refractivity contribution in [1.82, 2.24) is 4.90 Å². The van der Waals surface area contributed by atoms with E-state index in [4.69, 9.17) is 4.74 Å². The van der Waals surface area contributed by atoms with E-state index in [1.165, 1.54) is 0 Å². The number of ketones is 1. The summed E-state index contributed by atoms with van der Waals surface area (Å²) in [7, 11) is -0.244. The highest BCUT2D eigenvalue weighted by Gasteiger charge is 2.49. The molecule has 0 unspecified atom stereocenters. The third kappa shape index (κ3) is 4.05. The number of rotatable bonds is 6. The van der Waals surface area contributed by atoms with Crippen molar-refractivity contribution in [1.29, 1.82) is 0 Å². The molecular formula is C23H31NO3Si. The fourth-order valence-electron chi connectivity index (χ4n) is 4.58. The van der Waals surface area contributed by atoms with Gasteiger partial charge < -0.3 is 9.64 Å². The van der Waals surface area contributed by atoms with Crippen LogP contribution in [0.25, 0.3) is 0 Å². The van der Waals surface area contributed by atoms with Gasteiger partial charge in [-0.15, -0.1) is 0 Å². The topological polar surface area (TPSA) is 46.6 Å². The predicted octanol–water partition coefficient (Wildman–Crippen LogP) is 3.80. The molecule has 1 aromatic carbocycles. The van der Waals surface area contributed by atoms with E-state index in [0.717, 1.165) is 30.1 Å². The van der Waals surface area contributed by atoms with Crippen molar-refractivity contribution in [2.24, 2.45) is 5.41 Å². The first-order valence-electron chi connectivity index (χ1n) is 10.1. The highest BCUT2D eigenvalue weighted by molar-refractivity contribution is 6.84. The van der Waals surface area contributed by atoms with Crippen LogP contribution < -0.4 is 0 Å². The zero-order valence-electron chi connectivity index (χ0n) is 17.4. The third-order valence-electron chi connectivity index (χ3n) is 5.81. The summed E-state index contributed by atoms with van der Waals surface area (Å²) in [6, 6.07) is 10.2. The Kier molecular flexibility index (Phi) is 6.06. The van der Waals surface area contributed by atoms with Crippen LogP contribution in [0, 0.1) is 5.41 Å². The van der Waals surface area contributed by atoms with Gasteiger partial charge in [-0.1, -0.05) is 61.2 Å². The van der Waals surface area contributed by atoms with Crippen molar-refractivity contribution in [3.8, 4) is 0 Å². The minimum absolute atomic E-state index is 0.0104. The lowest BCUT2D eigenvalue weighted by Crippen LogP contribution is -2.53. The maximum atomic E-state index is 14.1. The number of allylic oxidation sites excluding steroid dienone is 2. The molecule has 0 bridgehead atoms. The van der Waals surface area contributed by atoms with Crippen molar-refractivity contribution in [2.45, 2.75) is 44.9 Å². The monoisotopic (exact) mass is 397 g/mol. The molecule has 150 valence electrons. The van der Waals surface area contributed by atoms with E-state index in [-0.39, 0.29) is 17.7 Å². The van der Waals surface area contributed by atoms with Gasteiger partial charge in [-0.3, -0.25) is 9.59 Å². The number of methoxy groups -OCH3 is 1. The van der Waals surface area contributed by atoms with Gasteiger partial charge in [-0.2, -0.15) is 0 Å². The van der Waals surface area contributed by atoms with Crippen LogP contribution in [0.5, 0.6) is 0 Å². The Morgan fingerprint density at radius 2 is 1.96 bits per heavy atom. The number of benzene rings is 1. The summed E-state index contributed by atoms with van der Waals surface area (Å²) < 4.78 is 5.38. The normalized spacial score (nSPS) is 25.1. The summed E-state index contributed by atoms with van der Waals surface area (Å²) in [5.41, 5.74) is 0.331. The first-order valence-corrected chi connectivity index (χ1v) is 13.6. The molecule has 1 aliphatic heterocycles. The van der Waals surface area contributed by atoms with Crippen molar-refractivity contribution < 1.29 is 14.3 Å². The van der Waals surface area contributed by atoms with Crippen LogP contribution in [0.4, 0.5) is 0 Å². The highest BCUT2D eigenvalue weighted by Crippen LogP contribution is 2.43. The molecule has 0 aromatic heterocycles. The van der Waals surface area contributed by atoms with Crippen LogP contribution in [-0.2, 0) is 20.7 Å². The molecule has 1 fully saturated rings. The third-order valence-corrected chi connectivity index (χ3v) is 8.02. The van der Waals surface area contributed by atoms with Crippen LogP contribution in [0.2, 0.25) is 19.6 Å². The number of amides is 1. The van der Waals surface area contributed by atoms with Crippen LogP contribution in [0.1, 0.15) is 18.4 Å². The second-order valence-corrected chi connectivity index (χ2v) is 14.0. The maximum Gasteiger partial charge on any atom is 0.237 e. The summed E-state index contributed by atoms with van der Waals surface area (Å²) in [6.45, 7) is 7.96. The molecule has 1 heterocycles. The Bertz CT molecular complexity index is 794. The summed E-state index contributed by atoms with van der Waals surface area (Å²) in [5, 5.41) is 1.03. The van der Waals surface area contributed by atoms with Crippen LogP contribution >= 0.6 is 0 Å². The number of nitrogens with zero attached hydrogens (tertiary/aromatic N) is 1. The number of hydrogen-bond donors (Lipinski definition) is 0. The molecule has 3 rings (SSSR count). The standard InChI is InChI=1S/C23H31NO3Si/c1-27-17-19-11-8-14-24(19)22(26)23(16-18-9-6-5-7-10-18)13-12-20(25)15-21(23)28(2,3)4/h5-7,9-10,12-13,15,19H,8,11,14,16-17H2,1-4H3/t19-,23+/m0/s1. The summed E-state index contributed by atoms with van der Waals surface area (Å²) >= 11 is 0. The van der Waals surface area contributed by atoms with Crippen molar-refractivity contribution in [3.63, 3.8) is 0 Å². The Labute approximate surface area is 169 Å². The van der Waals surface area contributed by atoms with E-state index in [2.05, 4.69) is 31.8 Å². The van der Waals surface area contributed by atoms with Gasteiger partial charge in [0.25, 0.3) is 0 Å². The van der Waals surface area contributed by atoms with Gasteiger partial charge in [-0.05, 0) is 37.0 Å². The first-order chi connectivity index (χ1) is 13.3. The maximum absolute atomic E-state index is 14.1. The smallest absolute Gasteiger partial charge is 0.237 e. The number of carbonyl (C=O) groups is 2. The molecule has 1 aromatic rings. The lowest BCUT2D eigenvalue weighted by atomic mass is 9.76. The van der Waals surface area contributed by atoms with E-state index in [9.17, 15) is 9.59 Å². The number of likely N-dealkylation sites (tertiary alicyclic amines) is 1. The summed E-state index contributed by atoms with van der Waals surface area (Å²) in [5.74, 6) is 0.108. The Hall–Kier alpha value is -1.98. The lowest BCUT2D eigenvalue weighted by Gasteiger charge is -2.43. The van der Waals surface area contributed by atoms with Crippen LogP contribution in [-0.4, -0.2) is 51.0 Å². The van der Waals surface area contributed by atoms with Gasteiger partial charge in [0.1, 0.15) is 0 Å². The molecule has 0 N–H and O–H groups in total.